The number of amides is 1. The maximum atomic E-state index is 13.0. The van der Waals surface area contributed by atoms with E-state index in [4.69, 9.17) is 14.0 Å². The van der Waals surface area contributed by atoms with Crippen LogP contribution in [-0.4, -0.2) is 74.9 Å². The van der Waals surface area contributed by atoms with E-state index in [2.05, 4.69) is 6.92 Å². The van der Waals surface area contributed by atoms with Gasteiger partial charge in [-0.25, -0.2) is 9.36 Å². The van der Waals surface area contributed by atoms with E-state index in [9.17, 15) is 45.3 Å². The van der Waals surface area contributed by atoms with E-state index in [0.717, 1.165) is 66.4 Å². The van der Waals surface area contributed by atoms with Gasteiger partial charge in [-0.15, -0.1) is 0 Å². The molecule has 0 fully saturated rings. The Balaban J connectivity index is 1.49. The molecule has 9 nitrogen and oxygen atoms in total. The van der Waals surface area contributed by atoms with E-state index in [1.807, 2.05) is 54.6 Å². The molecule has 0 bridgehead atoms. The molecule has 3 aromatic rings. The Hall–Kier alpha value is -3.78. The number of alkyl halides is 5. The number of halogens is 5. The molecule has 57 heavy (non-hydrogen) atoms. The van der Waals surface area contributed by atoms with Crippen LogP contribution in [0.2, 0.25) is 0 Å². The number of carbonyl (C=O) groups is 1. The second-order valence-corrected chi connectivity index (χ2v) is 16.2. The third kappa shape index (κ3) is 16.9. The predicted molar refractivity (Wildman–Crippen MR) is 213 cm³/mol. The van der Waals surface area contributed by atoms with Crippen molar-refractivity contribution in [3.8, 4) is 11.5 Å². The molecule has 0 aliphatic rings. The summed E-state index contributed by atoms with van der Waals surface area (Å²) in [6.45, 7) is 5.07. The smallest absolute Gasteiger partial charge is 0.492 e. The number of hydrogen-bond acceptors (Lipinski definition) is 6. The van der Waals surface area contributed by atoms with Crippen LogP contribution in [0.4, 0.5) is 26.7 Å². The molecule has 1 unspecified atom stereocenters. The molecular formula is C41H53F5NO8PS. The van der Waals surface area contributed by atoms with Crippen molar-refractivity contribution in [3.05, 3.63) is 95.6 Å². The van der Waals surface area contributed by atoms with E-state index in [1.165, 1.54) is 12.1 Å². The molecule has 16 heteroatoms. The number of phosphoric ester groups is 1. The van der Waals surface area contributed by atoms with Crippen molar-refractivity contribution >= 4 is 35.9 Å². The van der Waals surface area contributed by atoms with Crippen LogP contribution in [0.1, 0.15) is 94.7 Å². The van der Waals surface area contributed by atoms with Gasteiger partial charge in [-0.05, 0) is 84.7 Å². The number of allylic oxidation sites excluding steroid dienone is 1. The number of hydrogen-bond donors (Lipinski definition) is 2. The van der Waals surface area contributed by atoms with Gasteiger partial charge in [0.2, 0.25) is 0 Å². The second kappa shape index (κ2) is 23.6. The molecular weight excluding hydrogens is 792 g/mol. The van der Waals surface area contributed by atoms with Crippen molar-refractivity contribution in [2.24, 2.45) is 0 Å². The molecule has 0 aliphatic heterocycles. The molecule has 0 heterocycles. The fourth-order valence-electron chi connectivity index (χ4n) is 6.15. The fourth-order valence-corrected chi connectivity index (χ4v) is 7.74. The summed E-state index contributed by atoms with van der Waals surface area (Å²) >= 11 is 0. The molecule has 316 valence electrons. The number of phosphoric acid groups is 1. The summed E-state index contributed by atoms with van der Waals surface area (Å²) in [5.41, 5.74) is 4.79. The fraction of sp³-hybridized carbons (Fsp3) is 0.488. The zero-order valence-corrected chi connectivity index (χ0v) is 34.1. The summed E-state index contributed by atoms with van der Waals surface area (Å²) in [5, 5.41) is 0. The Kier molecular flexibility index (Phi) is 19.7. The molecule has 1 atom stereocenters. The van der Waals surface area contributed by atoms with Crippen LogP contribution in [-0.2, 0) is 20.1 Å². The highest BCUT2D eigenvalue weighted by Gasteiger charge is 2.56. The number of ether oxygens (including phenoxy) is 2. The topological polar surface area (TPSA) is 123 Å². The predicted octanol–water partition coefficient (Wildman–Crippen LogP) is 10.8. The Labute approximate surface area is 334 Å². The number of benzene rings is 3. The molecule has 0 saturated heterocycles. The SMILES string of the molecule is CCOC(=O)N(CCCCCCCCCS(=O)CCCC(F)(F)C(F)(F)F)CCOc1ccc(/C(=C(\CC)c2ccccc2)c2ccc(OP(=O)(O)O)cc2)cc1. The molecule has 0 aromatic heterocycles. The van der Waals surface area contributed by atoms with Crippen LogP contribution in [0.3, 0.4) is 0 Å². The summed E-state index contributed by atoms with van der Waals surface area (Å²) in [7, 11) is -6.13. The van der Waals surface area contributed by atoms with Crippen LogP contribution < -0.4 is 9.26 Å². The maximum Gasteiger partial charge on any atom is 0.524 e. The second-order valence-electron chi connectivity index (χ2n) is 13.4. The van der Waals surface area contributed by atoms with Gasteiger partial charge in [0.1, 0.15) is 18.1 Å². The van der Waals surface area contributed by atoms with Gasteiger partial charge in [-0.3, -0.25) is 14.0 Å². The lowest BCUT2D eigenvalue weighted by Crippen LogP contribution is -2.36. The van der Waals surface area contributed by atoms with Crippen molar-refractivity contribution in [1.29, 1.82) is 0 Å². The lowest BCUT2D eigenvalue weighted by molar-refractivity contribution is -0.284. The minimum atomic E-state index is -5.58. The van der Waals surface area contributed by atoms with Crippen molar-refractivity contribution in [2.75, 3.05) is 37.8 Å². The molecule has 3 aromatic carbocycles. The average molecular weight is 846 g/mol. The third-order valence-corrected chi connectivity index (χ3v) is 11.0. The van der Waals surface area contributed by atoms with Gasteiger partial charge in [0.25, 0.3) is 0 Å². The minimum Gasteiger partial charge on any atom is -0.492 e. The highest BCUT2D eigenvalue weighted by molar-refractivity contribution is 7.84. The first-order valence-corrected chi connectivity index (χ1v) is 22.1. The normalized spacial score (nSPS) is 13.1. The van der Waals surface area contributed by atoms with E-state index < -0.39 is 49.7 Å². The number of carbonyl (C=O) groups excluding carboxylic acids is 1. The van der Waals surface area contributed by atoms with Crippen molar-refractivity contribution in [1.82, 2.24) is 4.90 Å². The molecule has 0 aliphatic carbocycles. The van der Waals surface area contributed by atoms with Gasteiger partial charge < -0.3 is 18.9 Å². The van der Waals surface area contributed by atoms with E-state index >= 15 is 0 Å². The Bertz CT molecular complexity index is 1750. The van der Waals surface area contributed by atoms with Gasteiger partial charge in [0, 0.05) is 35.3 Å². The zero-order chi connectivity index (χ0) is 41.9. The molecule has 0 spiro atoms. The molecule has 0 radical (unpaired) electrons. The Morgan fingerprint density at radius 2 is 1.26 bits per heavy atom. The number of unbranched alkanes of at least 4 members (excludes halogenated alkanes) is 6. The quantitative estimate of drug-likeness (QED) is 0.0374. The standard InChI is InChI=1S/C41H53F5NO8PS/c1-3-37(32-16-11-10-12-17-32)38(34-20-24-36(25-21-34)55-56(49,50)51)33-18-22-35(23-19-33)54-29-28-47(39(48)53-4-2)27-13-8-6-5-7-9-14-30-57(52)31-15-26-40(42,43)41(44,45)46/h10-12,16-25H,3-9,13-15,26-31H2,1-2H3,(H2,49,50,51)/b38-37-. The van der Waals surface area contributed by atoms with Gasteiger partial charge in [-0.2, -0.15) is 22.0 Å². The summed E-state index contributed by atoms with van der Waals surface area (Å²) < 4.78 is 102. The molecule has 2 N–H and O–H groups in total. The largest absolute Gasteiger partial charge is 0.524 e. The average Bonchev–Trinajstić information content (AvgIpc) is 3.15. The first kappa shape index (κ1) is 47.6. The highest BCUT2D eigenvalue weighted by atomic mass is 32.2. The van der Waals surface area contributed by atoms with Crippen LogP contribution in [0.25, 0.3) is 11.1 Å². The number of rotatable bonds is 25. The Morgan fingerprint density at radius 1 is 0.719 bits per heavy atom. The summed E-state index contributed by atoms with van der Waals surface area (Å²) in [6, 6.07) is 24.1. The van der Waals surface area contributed by atoms with Crippen LogP contribution in [0, 0.1) is 0 Å². The monoisotopic (exact) mass is 845 g/mol. The van der Waals surface area contributed by atoms with Gasteiger partial charge in [-0.1, -0.05) is 93.6 Å². The number of nitrogens with zero attached hydrogens (tertiary/aromatic N) is 1. The minimum absolute atomic E-state index is 0.0500. The summed E-state index contributed by atoms with van der Waals surface area (Å²) in [4.78, 5) is 32.7. The summed E-state index contributed by atoms with van der Waals surface area (Å²) in [6.07, 6.45) is -1.37. The third-order valence-electron chi connectivity index (χ3n) is 9.02. The van der Waals surface area contributed by atoms with Crippen LogP contribution in [0.5, 0.6) is 11.5 Å². The van der Waals surface area contributed by atoms with E-state index in [-0.39, 0.29) is 30.5 Å². The zero-order valence-electron chi connectivity index (χ0n) is 32.4. The van der Waals surface area contributed by atoms with Crippen molar-refractivity contribution in [3.63, 3.8) is 0 Å². The first-order chi connectivity index (χ1) is 27.0. The first-order valence-electron chi connectivity index (χ1n) is 19.1. The Morgan fingerprint density at radius 3 is 1.81 bits per heavy atom. The van der Waals surface area contributed by atoms with Crippen molar-refractivity contribution in [2.45, 2.75) is 90.2 Å². The maximum absolute atomic E-state index is 13.0. The van der Waals surface area contributed by atoms with Crippen LogP contribution in [0.15, 0.2) is 78.9 Å². The van der Waals surface area contributed by atoms with Crippen LogP contribution >= 0.6 is 7.82 Å². The molecule has 3 rings (SSSR count). The van der Waals surface area contributed by atoms with Gasteiger partial charge in [0.15, 0.2) is 0 Å². The highest BCUT2D eigenvalue weighted by Crippen LogP contribution is 2.40. The van der Waals surface area contributed by atoms with E-state index in [0.29, 0.717) is 31.7 Å². The van der Waals surface area contributed by atoms with E-state index in [1.54, 1.807) is 24.0 Å². The van der Waals surface area contributed by atoms with Crippen molar-refractivity contribution < 1.29 is 59.3 Å². The van der Waals surface area contributed by atoms with Gasteiger partial charge in [0.05, 0.1) is 13.2 Å². The lowest BCUT2D eigenvalue weighted by Gasteiger charge is -2.22. The molecule has 0 saturated carbocycles. The summed E-state index contributed by atoms with van der Waals surface area (Å²) in [5.74, 6) is -3.99. The molecule has 1 amide bonds. The lowest BCUT2D eigenvalue weighted by atomic mass is 9.88. The van der Waals surface area contributed by atoms with Gasteiger partial charge >= 0.3 is 26.0 Å².